The van der Waals surface area contributed by atoms with Crippen LogP contribution < -0.4 is 0 Å². The van der Waals surface area contributed by atoms with Gasteiger partial charge in [-0.05, 0) is 50.3 Å². The normalized spacial score (nSPS) is 18.3. The SMILES string of the molecule is CS(=O)(=O)C1=CC(n2ccc3cc(C(=O)N4CCCCC4)cnc32)=CCC1. The highest BCUT2D eigenvalue weighted by atomic mass is 32.2. The number of likely N-dealkylation sites (tertiary alicyclic amines) is 1. The summed E-state index contributed by atoms with van der Waals surface area (Å²) in [5.41, 5.74) is 2.13. The standard InChI is InChI=1S/C20H23N3O3S/c1-27(25,26)18-7-5-6-17(13-18)23-11-8-15-12-16(14-21-19(15)23)20(24)22-9-3-2-4-10-22/h6,8,11-14H,2-5,7,9-10H2,1H3. The Labute approximate surface area is 159 Å². The lowest BCUT2D eigenvalue weighted by molar-refractivity contribution is 0.0724. The van der Waals surface area contributed by atoms with Gasteiger partial charge in [-0.1, -0.05) is 6.08 Å². The molecule has 1 saturated heterocycles. The van der Waals surface area contributed by atoms with Crippen molar-refractivity contribution in [3.63, 3.8) is 0 Å². The van der Waals surface area contributed by atoms with Gasteiger partial charge in [0.2, 0.25) is 0 Å². The molecule has 0 atom stereocenters. The molecule has 0 spiro atoms. The second-order valence-corrected chi connectivity index (χ2v) is 9.29. The van der Waals surface area contributed by atoms with Crippen molar-refractivity contribution in [2.75, 3.05) is 19.3 Å². The van der Waals surface area contributed by atoms with E-state index in [-0.39, 0.29) is 5.91 Å². The van der Waals surface area contributed by atoms with Gasteiger partial charge in [0.15, 0.2) is 9.84 Å². The van der Waals surface area contributed by atoms with Crippen LogP contribution in [0.3, 0.4) is 0 Å². The monoisotopic (exact) mass is 385 g/mol. The van der Waals surface area contributed by atoms with Crippen molar-refractivity contribution in [2.24, 2.45) is 0 Å². The topological polar surface area (TPSA) is 72.3 Å². The number of nitrogens with zero attached hydrogens (tertiary/aromatic N) is 3. The maximum atomic E-state index is 12.7. The molecule has 1 fully saturated rings. The molecule has 1 amide bonds. The van der Waals surface area contributed by atoms with Crippen LogP contribution in [0.15, 0.2) is 41.6 Å². The van der Waals surface area contributed by atoms with Crippen molar-refractivity contribution in [3.8, 4) is 0 Å². The van der Waals surface area contributed by atoms with Crippen molar-refractivity contribution in [2.45, 2.75) is 32.1 Å². The quantitative estimate of drug-likeness (QED) is 0.813. The number of pyridine rings is 1. The second kappa shape index (κ2) is 6.96. The maximum Gasteiger partial charge on any atom is 0.255 e. The van der Waals surface area contributed by atoms with Crippen LogP contribution in [-0.4, -0.2) is 48.1 Å². The number of amides is 1. The van der Waals surface area contributed by atoms with Crippen LogP contribution in [0.25, 0.3) is 16.7 Å². The van der Waals surface area contributed by atoms with E-state index in [1.54, 1.807) is 12.3 Å². The number of aromatic nitrogens is 2. The molecule has 7 heteroatoms. The summed E-state index contributed by atoms with van der Waals surface area (Å²) < 4.78 is 25.6. The average Bonchev–Trinajstić information content (AvgIpc) is 3.11. The predicted octanol–water partition coefficient (Wildman–Crippen LogP) is 3.23. The van der Waals surface area contributed by atoms with Crippen LogP contribution in [0.4, 0.5) is 0 Å². The fourth-order valence-corrected chi connectivity index (χ4v) is 4.57. The summed E-state index contributed by atoms with van der Waals surface area (Å²) in [5.74, 6) is 0.0352. The van der Waals surface area contributed by atoms with Crippen LogP contribution in [0, 0.1) is 0 Å². The van der Waals surface area contributed by atoms with E-state index in [2.05, 4.69) is 4.98 Å². The summed E-state index contributed by atoms with van der Waals surface area (Å²) >= 11 is 0. The highest BCUT2D eigenvalue weighted by Gasteiger charge is 2.20. The van der Waals surface area contributed by atoms with Gasteiger partial charge in [-0.3, -0.25) is 4.79 Å². The Hall–Kier alpha value is -2.41. The number of carbonyl (C=O) groups is 1. The number of rotatable bonds is 3. The molecule has 4 rings (SSSR count). The molecule has 3 heterocycles. The van der Waals surface area contributed by atoms with Gasteiger partial charge < -0.3 is 9.47 Å². The van der Waals surface area contributed by atoms with Gasteiger partial charge in [-0.15, -0.1) is 0 Å². The van der Waals surface area contributed by atoms with E-state index in [0.29, 0.717) is 23.3 Å². The summed E-state index contributed by atoms with van der Waals surface area (Å²) in [7, 11) is -3.20. The molecular formula is C20H23N3O3S. The van der Waals surface area contributed by atoms with E-state index in [1.165, 1.54) is 12.7 Å². The highest BCUT2D eigenvalue weighted by Crippen LogP contribution is 2.27. The van der Waals surface area contributed by atoms with Crippen LogP contribution in [-0.2, 0) is 9.84 Å². The largest absolute Gasteiger partial charge is 0.339 e. The summed E-state index contributed by atoms with van der Waals surface area (Å²) in [6.45, 7) is 1.62. The van der Waals surface area contributed by atoms with Gasteiger partial charge in [0.05, 0.1) is 5.56 Å². The average molecular weight is 385 g/mol. The molecule has 1 aliphatic carbocycles. The summed E-state index contributed by atoms with van der Waals surface area (Å²) in [5, 5.41) is 0.874. The number of hydrogen-bond acceptors (Lipinski definition) is 4. The van der Waals surface area contributed by atoms with Gasteiger partial charge >= 0.3 is 0 Å². The Morgan fingerprint density at radius 2 is 1.96 bits per heavy atom. The lowest BCUT2D eigenvalue weighted by Gasteiger charge is -2.26. The zero-order valence-electron chi connectivity index (χ0n) is 15.4. The summed E-state index contributed by atoms with van der Waals surface area (Å²) in [6, 6.07) is 3.79. The number of sulfone groups is 1. The minimum atomic E-state index is -3.20. The van der Waals surface area contributed by atoms with E-state index < -0.39 is 9.84 Å². The number of fused-ring (bicyclic) bond motifs is 1. The van der Waals surface area contributed by atoms with Crippen molar-refractivity contribution in [3.05, 3.63) is 47.1 Å². The zero-order valence-corrected chi connectivity index (χ0v) is 16.2. The Morgan fingerprint density at radius 3 is 2.70 bits per heavy atom. The molecule has 0 saturated carbocycles. The number of allylic oxidation sites excluding steroid dienone is 4. The molecule has 0 N–H and O–H groups in total. The lowest BCUT2D eigenvalue weighted by Crippen LogP contribution is -2.35. The van der Waals surface area contributed by atoms with Gasteiger partial charge in [0.25, 0.3) is 5.91 Å². The molecule has 27 heavy (non-hydrogen) atoms. The Morgan fingerprint density at radius 1 is 1.19 bits per heavy atom. The predicted molar refractivity (Wildman–Crippen MR) is 106 cm³/mol. The summed E-state index contributed by atoms with van der Waals surface area (Å²) in [4.78, 5) is 19.6. The van der Waals surface area contributed by atoms with Gasteiger partial charge in [0, 0.05) is 47.7 Å². The fraction of sp³-hybridized carbons (Fsp3) is 0.400. The summed E-state index contributed by atoms with van der Waals surface area (Å²) in [6.07, 6.45) is 13.0. The molecule has 142 valence electrons. The maximum absolute atomic E-state index is 12.7. The molecule has 0 unspecified atom stereocenters. The Bertz CT molecular complexity index is 1060. The van der Waals surface area contributed by atoms with E-state index in [4.69, 9.17) is 0 Å². The first-order valence-electron chi connectivity index (χ1n) is 9.31. The molecule has 2 aromatic rings. The van der Waals surface area contributed by atoms with Crippen molar-refractivity contribution in [1.82, 2.24) is 14.5 Å². The number of carbonyl (C=O) groups excluding carboxylic acids is 1. The Kier molecular flexibility index (Phi) is 4.63. The molecule has 6 nitrogen and oxygen atoms in total. The second-order valence-electron chi connectivity index (χ2n) is 7.23. The van der Waals surface area contributed by atoms with E-state index >= 15 is 0 Å². The first-order valence-corrected chi connectivity index (χ1v) is 11.2. The first-order chi connectivity index (χ1) is 12.9. The zero-order chi connectivity index (χ0) is 19.0. The van der Waals surface area contributed by atoms with Crippen LogP contribution in [0.1, 0.15) is 42.5 Å². The molecule has 0 bridgehead atoms. The van der Waals surface area contributed by atoms with Gasteiger partial charge in [-0.25, -0.2) is 13.4 Å². The fourth-order valence-electron chi connectivity index (χ4n) is 3.75. The van der Waals surface area contributed by atoms with Crippen molar-refractivity contribution >= 4 is 32.5 Å². The van der Waals surface area contributed by atoms with Gasteiger partial charge in [0.1, 0.15) is 5.65 Å². The molecule has 2 aromatic heterocycles. The molecular weight excluding hydrogens is 362 g/mol. The van der Waals surface area contributed by atoms with E-state index in [9.17, 15) is 13.2 Å². The highest BCUT2D eigenvalue weighted by molar-refractivity contribution is 7.94. The number of hydrogen-bond donors (Lipinski definition) is 0. The minimum absolute atomic E-state index is 0.0352. The minimum Gasteiger partial charge on any atom is -0.339 e. The molecule has 0 aromatic carbocycles. The van der Waals surface area contributed by atoms with Crippen molar-refractivity contribution < 1.29 is 13.2 Å². The number of piperidine rings is 1. The van der Waals surface area contributed by atoms with Gasteiger partial charge in [-0.2, -0.15) is 0 Å². The molecule has 0 radical (unpaired) electrons. The third kappa shape index (κ3) is 3.56. The molecule has 1 aliphatic heterocycles. The van der Waals surface area contributed by atoms with Crippen molar-refractivity contribution in [1.29, 1.82) is 0 Å². The van der Waals surface area contributed by atoms with Crippen LogP contribution >= 0.6 is 0 Å². The lowest BCUT2D eigenvalue weighted by atomic mass is 10.1. The Balaban J connectivity index is 1.66. The third-order valence-electron chi connectivity index (χ3n) is 5.22. The smallest absolute Gasteiger partial charge is 0.255 e. The molecule has 2 aliphatic rings. The van der Waals surface area contributed by atoms with E-state index in [1.807, 2.05) is 33.9 Å². The van der Waals surface area contributed by atoms with Crippen LogP contribution in [0.5, 0.6) is 0 Å². The first kappa shape index (κ1) is 18.0. The van der Waals surface area contributed by atoms with Crippen LogP contribution in [0.2, 0.25) is 0 Å². The van der Waals surface area contributed by atoms with E-state index in [0.717, 1.165) is 42.7 Å². The third-order valence-corrected chi connectivity index (χ3v) is 6.50.